The molecular formula is C19H19BrO4. The zero-order chi connectivity index (χ0) is 17.5. The molecule has 0 amide bonds. The van der Waals surface area contributed by atoms with E-state index in [1.807, 2.05) is 38.1 Å². The number of carboxylic acid groups (broad SMARTS) is 1. The van der Waals surface area contributed by atoms with Gasteiger partial charge in [-0.2, -0.15) is 0 Å². The number of hydrogen-bond acceptors (Lipinski definition) is 3. The minimum atomic E-state index is -0.997. The lowest BCUT2D eigenvalue weighted by Crippen LogP contribution is -2.01. The molecule has 24 heavy (non-hydrogen) atoms. The quantitative estimate of drug-likeness (QED) is 0.687. The van der Waals surface area contributed by atoms with Crippen LogP contribution in [0.4, 0.5) is 0 Å². The van der Waals surface area contributed by atoms with Crippen LogP contribution >= 0.6 is 15.9 Å². The van der Waals surface area contributed by atoms with E-state index in [-0.39, 0.29) is 0 Å². The first-order valence-corrected chi connectivity index (χ1v) is 8.34. The fourth-order valence-corrected chi connectivity index (χ4v) is 2.67. The summed E-state index contributed by atoms with van der Waals surface area (Å²) >= 11 is 3.47. The summed E-state index contributed by atoms with van der Waals surface area (Å²) in [6.07, 6.45) is 2.60. The molecular weight excluding hydrogens is 372 g/mol. The summed E-state index contributed by atoms with van der Waals surface area (Å²) < 4.78 is 12.3. The van der Waals surface area contributed by atoms with E-state index in [2.05, 4.69) is 15.9 Å². The van der Waals surface area contributed by atoms with Crippen molar-refractivity contribution in [3.05, 3.63) is 63.6 Å². The fourth-order valence-electron chi connectivity index (χ4n) is 2.09. The molecule has 0 unspecified atom stereocenters. The molecule has 5 heteroatoms. The first kappa shape index (κ1) is 18.1. The molecule has 0 aliphatic heterocycles. The van der Waals surface area contributed by atoms with Crippen LogP contribution in [0, 0.1) is 6.92 Å². The lowest BCUT2D eigenvalue weighted by atomic mass is 10.1. The Hall–Kier alpha value is -2.27. The number of benzene rings is 2. The maximum atomic E-state index is 10.7. The van der Waals surface area contributed by atoms with E-state index in [0.717, 1.165) is 17.2 Å². The van der Waals surface area contributed by atoms with Gasteiger partial charge in [0.1, 0.15) is 6.61 Å². The van der Waals surface area contributed by atoms with Gasteiger partial charge in [-0.15, -0.1) is 0 Å². The Morgan fingerprint density at radius 2 is 1.92 bits per heavy atom. The minimum absolute atomic E-state index is 0.420. The Kier molecular flexibility index (Phi) is 6.44. The standard InChI is InChI=1S/C19H19BrO4/c1-3-23-17-11-15(8-9-18(21)22)10-16(20)19(17)24-12-14-6-4-13(2)5-7-14/h4-11H,3,12H2,1-2H3,(H,21,22)/b9-8+. The van der Waals surface area contributed by atoms with Crippen molar-refractivity contribution in [2.24, 2.45) is 0 Å². The fraction of sp³-hybridized carbons (Fsp3) is 0.211. The molecule has 1 N–H and O–H groups in total. The summed E-state index contributed by atoms with van der Waals surface area (Å²) in [5.41, 5.74) is 2.98. The summed E-state index contributed by atoms with van der Waals surface area (Å²) in [6.45, 7) is 4.83. The second-order valence-corrected chi connectivity index (χ2v) is 6.06. The first-order valence-electron chi connectivity index (χ1n) is 7.55. The van der Waals surface area contributed by atoms with Crippen LogP contribution in [-0.2, 0) is 11.4 Å². The van der Waals surface area contributed by atoms with Gasteiger partial charge in [-0.3, -0.25) is 0 Å². The summed E-state index contributed by atoms with van der Waals surface area (Å²) in [5.74, 6) is 0.178. The molecule has 2 aromatic rings. The molecule has 4 nitrogen and oxygen atoms in total. The van der Waals surface area contributed by atoms with E-state index in [4.69, 9.17) is 14.6 Å². The molecule has 0 heterocycles. The third kappa shape index (κ3) is 5.13. The lowest BCUT2D eigenvalue weighted by Gasteiger charge is -2.15. The largest absolute Gasteiger partial charge is 0.490 e. The maximum absolute atomic E-state index is 10.7. The number of rotatable bonds is 7. The van der Waals surface area contributed by atoms with Crippen molar-refractivity contribution in [1.82, 2.24) is 0 Å². The van der Waals surface area contributed by atoms with Crippen LogP contribution in [0.3, 0.4) is 0 Å². The van der Waals surface area contributed by atoms with Gasteiger partial charge in [0.15, 0.2) is 11.5 Å². The number of ether oxygens (including phenoxy) is 2. The van der Waals surface area contributed by atoms with Crippen LogP contribution in [0.15, 0.2) is 46.9 Å². The number of hydrogen-bond donors (Lipinski definition) is 1. The van der Waals surface area contributed by atoms with Gasteiger partial charge in [0.25, 0.3) is 0 Å². The maximum Gasteiger partial charge on any atom is 0.328 e. The molecule has 0 spiro atoms. The van der Waals surface area contributed by atoms with E-state index < -0.39 is 5.97 Å². The number of aliphatic carboxylic acids is 1. The first-order chi connectivity index (χ1) is 11.5. The van der Waals surface area contributed by atoms with E-state index in [9.17, 15) is 4.79 Å². The molecule has 0 radical (unpaired) electrons. The molecule has 0 fully saturated rings. The second kappa shape index (κ2) is 8.55. The predicted molar refractivity (Wildman–Crippen MR) is 97.5 cm³/mol. The van der Waals surface area contributed by atoms with Crippen molar-refractivity contribution in [2.75, 3.05) is 6.61 Å². The third-order valence-electron chi connectivity index (χ3n) is 3.25. The molecule has 0 atom stereocenters. The minimum Gasteiger partial charge on any atom is -0.490 e. The highest BCUT2D eigenvalue weighted by molar-refractivity contribution is 9.10. The summed E-state index contributed by atoms with van der Waals surface area (Å²) in [5, 5.41) is 8.75. The number of carbonyl (C=O) groups is 1. The van der Waals surface area contributed by atoms with Crippen molar-refractivity contribution in [2.45, 2.75) is 20.5 Å². The van der Waals surface area contributed by atoms with Crippen molar-refractivity contribution in [3.63, 3.8) is 0 Å². The number of carboxylic acids is 1. The van der Waals surface area contributed by atoms with Gasteiger partial charge in [0, 0.05) is 6.08 Å². The molecule has 2 aromatic carbocycles. The van der Waals surface area contributed by atoms with Gasteiger partial charge in [0.2, 0.25) is 0 Å². The molecule has 0 aliphatic rings. The second-order valence-electron chi connectivity index (χ2n) is 5.21. The van der Waals surface area contributed by atoms with Crippen LogP contribution in [0.5, 0.6) is 11.5 Å². The Morgan fingerprint density at radius 1 is 1.21 bits per heavy atom. The van der Waals surface area contributed by atoms with E-state index in [1.165, 1.54) is 11.6 Å². The van der Waals surface area contributed by atoms with Gasteiger partial charge < -0.3 is 14.6 Å². The number of aryl methyl sites for hydroxylation is 1. The molecule has 0 saturated carbocycles. The average Bonchev–Trinajstić information content (AvgIpc) is 2.54. The predicted octanol–water partition coefficient (Wildman–Crippen LogP) is 4.83. The van der Waals surface area contributed by atoms with Crippen LogP contribution in [-0.4, -0.2) is 17.7 Å². The van der Waals surface area contributed by atoms with E-state index in [1.54, 1.807) is 12.1 Å². The third-order valence-corrected chi connectivity index (χ3v) is 3.84. The van der Waals surface area contributed by atoms with E-state index in [0.29, 0.717) is 29.2 Å². The monoisotopic (exact) mass is 390 g/mol. The van der Waals surface area contributed by atoms with Crippen LogP contribution < -0.4 is 9.47 Å². The smallest absolute Gasteiger partial charge is 0.328 e. The topological polar surface area (TPSA) is 55.8 Å². The van der Waals surface area contributed by atoms with Crippen molar-refractivity contribution < 1.29 is 19.4 Å². The zero-order valence-electron chi connectivity index (χ0n) is 13.6. The van der Waals surface area contributed by atoms with Crippen molar-refractivity contribution in [3.8, 4) is 11.5 Å². The Labute approximate surface area is 149 Å². The van der Waals surface area contributed by atoms with Crippen molar-refractivity contribution in [1.29, 1.82) is 0 Å². The zero-order valence-corrected chi connectivity index (χ0v) is 15.2. The van der Waals surface area contributed by atoms with E-state index >= 15 is 0 Å². The van der Waals surface area contributed by atoms with Gasteiger partial charge in [-0.05, 0) is 59.1 Å². The highest BCUT2D eigenvalue weighted by atomic mass is 79.9. The molecule has 0 aliphatic carbocycles. The summed E-state index contributed by atoms with van der Waals surface area (Å²) in [7, 11) is 0. The van der Waals surface area contributed by atoms with Crippen LogP contribution in [0.1, 0.15) is 23.6 Å². The van der Waals surface area contributed by atoms with Gasteiger partial charge in [0.05, 0.1) is 11.1 Å². The highest BCUT2D eigenvalue weighted by Crippen LogP contribution is 2.37. The van der Waals surface area contributed by atoms with Gasteiger partial charge in [-0.1, -0.05) is 29.8 Å². The van der Waals surface area contributed by atoms with Crippen LogP contribution in [0.25, 0.3) is 6.08 Å². The Morgan fingerprint density at radius 3 is 2.54 bits per heavy atom. The van der Waals surface area contributed by atoms with Crippen molar-refractivity contribution >= 4 is 28.0 Å². The average molecular weight is 391 g/mol. The Bertz CT molecular complexity index is 736. The molecule has 126 valence electrons. The number of halogens is 1. The molecule has 0 aromatic heterocycles. The van der Waals surface area contributed by atoms with Gasteiger partial charge in [-0.25, -0.2) is 4.79 Å². The SMILES string of the molecule is CCOc1cc(/C=C/C(=O)O)cc(Br)c1OCc1ccc(C)cc1. The van der Waals surface area contributed by atoms with Crippen LogP contribution in [0.2, 0.25) is 0 Å². The summed E-state index contributed by atoms with van der Waals surface area (Å²) in [6, 6.07) is 11.7. The highest BCUT2D eigenvalue weighted by Gasteiger charge is 2.12. The molecule has 0 saturated heterocycles. The lowest BCUT2D eigenvalue weighted by molar-refractivity contribution is -0.131. The summed E-state index contributed by atoms with van der Waals surface area (Å²) in [4.78, 5) is 10.7. The van der Waals surface area contributed by atoms with Gasteiger partial charge >= 0.3 is 5.97 Å². The molecule has 2 rings (SSSR count). The normalized spacial score (nSPS) is 10.8. The molecule has 0 bridgehead atoms. The Balaban J connectivity index is 2.23.